The van der Waals surface area contributed by atoms with Crippen LogP contribution in [0.5, 0.6) is 11.5 Å². The third kappa shape index (κ3) is 6.37. The van der Waals surface area contributed by atoms with Gasteiger partial charge in [-0.15, -0.1) is 0 Å². The number of benzene rings is 1. The van der Waals surface area contributed by atoms with Crippen molar-refractivity contribution in [3.05, 3.63) is 36.9 Å². The van der Waals surface area contributed by atoms with E-state index in [1.54, 1.807) is 24.3 Å². The lowest BCUT2D eigenvalue weighted by molar-refractivity contribution is -0.140. The van der Waals surface area contributed by atoms with Gasteiger partial charge in [0.05, 0.1) is 5.92 Å². The second-order valence-electron chi connectivity index (χ2n) is 6.73. The smallest absolute Gasteiger partial charge is 0.335 e. The van der Waals surface area contributed by atoms with E-state index in [-0.39, 0.29) is 11.9 Å². The van der Waals surface area contributed by atoms with E-state index in [1.165, 1.54) is 25.7 Å². The molecule has 0 heterocycles. The van der Waals surface area contributed by atoms with Gasteiger partial charge in [-0.1, -0.05) is 39.2 Å². The molecule has 25 heavy (non-hydrogen) atoms. The van der Waals surface area contributed by atoms with Gasteiger partial charge in [0.1, 0.15) is 11.5 Å². The van der Waals surface area contributed by atoms with Crippen LogP contribution in [0.4, 0.5) is 0 Å². The molecule has 0 radical (unpaired) electrons. The van der Waals surface area contributed by atoms with Crippen molar-refractivity contribution >= 4 is 11.9 Å². The molecule has 0 spiro atoms. The molecule has 0 amide bonds. The van der Waals surface area contributed by atoms with E-state index in [0.29, 0.717) is 11.5 Å². The molecule has 1 aromatic rings. The number of hydrogen-bond acceptors (Lipinski definition) is 4. The summed E-state index contributed by atoms with van der Waals surface area (Å²) >= 11 is 0. The number of carbonyl (C=O) groups is 2. The van der Waals surface area contributed by atoms with Crippen LogP contribution in [0.15, 0.2) is 36.9 Å². The van der Waals surface area contributed by atoms with Crippen LogP contribution in [0.3, 0.4) is 0 Å². The second kappa shape index (κ2) is 10.0. The molecule has 4 heteroatoms. The fourth-order valence-corrected chi connectivity index (χ4v) is 3.30. The molecule has 0 N–H and O–H groups in total. The molecule has 1 saturated carbocycles. The van der Waals surface area contributed by atoms with Gasteiger partial charge in [-0.3, -0.25) is 4.79 Å². The van der Waals surface area contributed by atoms with Gasteiger partial charge in [0.25, 0.3) is 0 Å². The van der Waals surface area contributed by atoms with E-state index < -0.39 is 5.97 Å². The Labute approximate surface area is 150 Å². The predicted molar refractivity (Wildman–Crippen MR) is 97.5 cm³/mol. The molecule has 4 nitrogen and oxygen atoms in total. The lowest BCUT2D eigenvalue weighted by Crippen LogP contribution is -2.25. The number of hydrogen-bond donors (Lipinski definition) is 0. The van der Waals surface area contributed by atoms with Crippen molar-refractivity contribution in [3.63, 3.8) is 0 Å². The average Bonchev–Trinajstić information content (AvgIpc) is 2.64. The third-order valence-corrected chi connectivity index (χ3v) is 4.82. The Morgan fingerprint density at radius 1 is 1.04 bits per heavy atom. The second-order valence-corrected chi connectivity index (χ2v) is 6.73. The van der Waals surface area contributed by atoms with Crippen LogP contribution in [0.2, 0.25) is 0 Å². The first kappa shape index (κ1) is 19.2. The minimum absolute atomic E-state index is 0.000644. The zero-order valence-electron chi connectivity index (χ0n) is 15.0. The summed E-state index contributed by atoms with van der Waals surface area (Å²) in [5.41, 5.74) is 0. The van der Waals surface area contributed by atoms with E-state index >= 15 is 0 Å². The molecule has 0 saturated heterocycles. The summed E-state index contributed by atoms with van der Waals surface area (Å²) in [7, 11) is 0. The molecule has 0 aromatic heterocycles. The highest BCUT2D eigenvalue weighted by molar-refractivity contribution is 5.83. The van der Waals surface area contributed by atoms with E-state index in [1.807, 2.05) is 0 Å². The maximum Gasteiger partial charge on any atom is 0.335 e. The maximum absolute atomic E-state index is 12.3. The van der Waals surface area contributed by atoms with Gasteiger partial charge in [0.2, 0.25) is 0 Å². The van der Waals surface area contributed by atoms with Gasteiger partial charge in [-0.2, -0.15) is 0 Å². The van der Waals surface area contributed by atoms with Crippen LogP contribution in [0.25, 0.3) is 0 Å². The number of unbranched alkanes of at least 4 members (excludes halogenated alkanes) is 2. The van der Waals surface area contributed by atoms with Crippen molar-refractivity contribution in [2.75, 3.05) is 0 Å². The average molecular weight is 344 g/mol. The first-order chi connectivity index (χ1) is 12.1. The molecule has 136 valence electrons. The Kier molecular flexibility index (Phi) is 7.71. The molecule has 1 aliphatic carbocycles. The highest BCUT2D eigenvalue weighted by Crippen LogP contribution is 2.33. The molecular weight excluding hydrogens is 316 g/mol. The van der Waals surface area contributed by atoms with Gasteiger partial charge in [-0.05, 0) is 55.9 Å². The van der Waals surface area contributed by atoms with Crippen molar-refractivity contribution in [1.29, 1.82) is 0 Å². The number of esters is 2. The molecule has 0 atom stereocenters. The Morgan fingerprint density at radius 3 is 2.20 bits per heavy atom. The predicted octanol–water partition coefficient (Wildman–Crippen LogP) is 5.07. The van der Waals surface area contributed by atoms with E-state index in [9.17, 15) is 9.59 Å². The third-order valence-electron chi connectivity index (χ3n) is 4.82. The zero-order chi connectivity index (χ0) is 18.1. The molecular formula is C21H28O4. The summed E-state index contributed by atoms with van der Waals surface area (Å²) in [5, 5.41) is 0. The molecule has 0 unspecified atom stereocenters. The van der Waals surface area contributed by atoms with Crippen LogP contribution < -0.4 is 9.47 Å². The van der Waals surface area contributed by atoms with E-state index in [2.05, 4.69) is 13.5 Å². The quantitative estimate of drug-likeness (QED) is 0.286. The zero-order valence-corrected chi connectivity index (χ0v) is 15.0. The van der Waals surface area contributed by atoms with Crippen LogP contribution in [-0.2, 0) is 9.59 Å². The fourth-order valence-electron chi connectivity index (χ4n) is 3.30. The Morgan fingerprint density at radius 2 is 1.64 bits per heavy atom. The minimum atomic E-state index is -0.513. The number of carbonyl (C=O) groups excluding carboxylic acids is 2. The molecule has 0 aliphatic heterocycles. The summed E-state index contributed by atoms with van der Waals surface area (Å²) in [6, 6.07) is 6.49. The van der Waals surface area contributed by atoms with Crippen LogP contribution in [0, 0.1) is 11.8 Å². The normalized spacial score (nSPS) is 19.9. The van der Waals surface area contributed by atoms with Crippen LogP contribution in [-0.4, -0.2) is 11.9 Å². The Bertz CT molecular complexity index is 568. The lowest BCUT2D eigenvalue weighted by Gasteiger charge is -2.27. The van der Waals surface area contributed by atoms with Crippen molar-refractivity contribution < 1.29 is 19.1 Å². The van der Waals surface area contributed by atoms with Crippen molar-refractivity contribution in [1.82, 2.24) is 0 Å². The topological polar surface area (TPSA) is 52.6 Å². The summed E-state index contributed by atoms with van der Waals surface area (Å²) in [6.45, 7) is 5.57. The van der Waals surface area contributed by atoms with Crippen LogP contribution in [0.1, 0.15) is 58.3 Å². The summed E-state index contributed by atoms with van der Waals surface area (Å²) in [4.78, 5) is 23.5. The highest BCUT2D eigenvalue weighted by Gasteiger charge is 2.27. The summed E-state index contributed by atoms with van der Waals surface area (Å²) in [5.74, 6) is 0.990. The first-order valence-electron chi connectivity index (χ1n) is 9.28. The molecule has 0 bridgehead atoms. The largest absolute Gasteiger partial charge is 0.426 e. The fraction of sp³-hybridized carbons (Fsp3) is 0.524. The SMILES string of the molecule is C=CC(=O)Oc1ccc(OC(=O)[C@H]2CC[C@H](CCCCC)CC2)cc1. The standard InChI is InChI=1S/C21H28O4/c1-3-5-6-7-16-8-10-17(11-9-16)21(23)25-19-14-12-18(13-15-19)24-20(22)4-2/h4,12-17H,2-3,5-11H2,1H3/t16-,17-. The Balaban J connectivity index is 1.76. The van der Waals surface area contributed by atoms with Gasteiger partial charge in [0.15, 0.2) is 0 Å². The minimum Gasteiger partial charge on any atom is -0.426 e. The maximum atomic E-state index is 12.3. The Hall–Kier alpha value is -2.10. The monoisotopic (exact) mass is 344 g/mol. The molecule has 1 aliphatic rings. The first-order valence-corrected chi connectivity index (χ1v) is 9.28. The van der Waals surface area contributed by atoms with Gasteiger partial charge < -0.3 is 9.47 Å². The van der Waals surface area contributed by atoms with E-state index in [0.717, 1.165) is 37.7 Å². The molecule has 1 aromatic carbocycles. The van der Waals surface area contributed by atoms with Gasteiger partial charge in [0, 0.05) is 6.08 Å². The van der Waals surface area contributed by atoms with E-state index in [4.69, 9.17) is 9.47 Å². The number of ether oxygens (including phenoxy) is 2. The molecule has 2 rings (SSSR count). The summed E-state index contributed by atoms with van der Waals surface area (Å²) < 4.78 is 10.5. The van der Waals surface area contributed by atoms with Crippen molar-refractivity contribution in [2.45, 2.75) is 58.3 Å². The van der Waals surface area contributed by atoms with Gasteiger partial charge >= 0.3 is 11.9 Å². The van der Waals surface area contributed by atoms with Gasteiger partial charge in [-0.25, -0.2) is 4.79 Å². The van der Waals surface area contributed by atoms with Crippen LogP contribution >= 0.6 is 0 Å². The number of rotatable bonds is 8. The summed E-state index contributed by atoms with van der Waals surface area (Å²) in [6.07, 6.45) is 10.4. The highest BCUT2D eigenvalue weighted by atomic mass is 16.5. The van der Waals surface area contributed by atoms with Crippen molar-refractivity contribution in [3.8, 4) is 11.5 Å². The lowest BCUT2D eigenvalue weighted by atomic mass is 9.80. The molecule has 1 fully saturated rings. The van der Waals surface area contributed by atoms with Crippen molar-refractivity contribution in [2.24, 2.45) is 11.8 Å².